The second-order valence-electron chi connectivity index (χ2n) is 7.85. The third-order valence-corrected chi connectivity index (χ3v) is 5.90. The minimum atomic E-state index is 0.544. The Morgan fingerprint density at radius 3 is 2.67 bits per heavy atom. The summed E-state index contributed by atoms with van der Waals surface area (Å²) in [5, 5.41) is 5.73. The number of fused-ring (bicyclic) bond motifs is 2. The lowest BCUT2D eigenvalue weighted by atomic mass is 9.92. The second-order valence-corrected chi connectivity index (χ2v) is 7.85. The van der Waals surface area contributed by atoms with Crippen LogP contribution in [0.3, 0.4) is 0 Å². The first-order chi connectivity index (χ1) is 14.8. The third kappa shape index (κ3) is 2.72. The van der Waals surface area contributed by atoms with E-state index in [4.69, 9.17) is 4.98 Å². The molecule has 0 bridgehead atoms. The first-order valence-corrected chi connectivity index (χ1v) is 10.1. The SMILES string of the molecule is Cc1cc(-c2cnn3cc(N4CC(c5ccncc5)C4)cnc23)c2ccccc2n1. The van der Waals surface area contributed by atoms with Gasteiger partial charge in [0.05, 0.1) is 29.8 Å². The molecular weight excluding hydrogens is 372 g/mol. The van der Waals surface area contributed by atoms with Crippen molar-refractivity contribution in [3.63, 3.8) is 0 Å². The Labute approximate surface area is 173 Å². The fourth-order valence-corrected chi connectivity index (χ4v) is 4.28. The van der Waals surface area contributed by atoms with Gasteiger partial charge in [-0.1, -0.05) is 18.2 Å². The molecule has 6 nitrogen and oxygen atoms in total. The van der Waals surface area contributed by atoms with E-state index < -0.39 is 0 Å². The van der Waals surface area contributed by atoms with Crippen LogP contribution in [0.1, 0.15) is 17.2 Å². The highest BCUT2D eigenvalue weighted by atomic mass is 15.3. The monoisotopic (exact) mass is 392 g/mol. The Kier molecular flexibility index (Phi) is 3.77. The van der Waals surface area contributed by atoms with Gasteiger partial charge in [0.2, 0.25) is 0 Å². The molecule has 6 heteroatoms. The summed E-state index contributed by atoms with van der Waals surface area (Å²) in [7, 11) is 0. The molecule has 4 aromatic heterocycles. The van der Waals surface area contributed by atoms with Crippen LogP contribution in [0, 0.1) is 6.92 Å². The minimum absolute atomic E-state index is 0.544. The Morgan fingerprint density at radius 1 is 0.967 bits per heavy atom. The molecule has 30 heavy (non-hydrogen) atoms. The summed E-state index contributed by atoms with van der Waals surface area (Å²) in [4.78, 5) is 15.9. The Morgan fingerprint density at radius 2 is 1.80 bits per heavy atom. The molecule has 5 heterocycles. The highest BCUT2D eigenvalue weighted by Crippen LogP contribution is 2.33. The van der Waals surface area contributed by atoms with Crippen molar-refractivity contribution >= 4 is 22.2 Å². The fourth-order valence-electron chi connectivity index (χ4n) is 4.28. The Balaban J connectivity index is 1.34. The maximum absolute atomic E-state index is 4.78. The number of benzene rings is 1. The number of hydrogen-bond acceptors (Lipinski definition) is 5. The average molecular weight is 392 g/mol. The summed E-state index contributed by atoms with van der Waals surface area (Å²) in [6, 6.07) is 14.5. The van der Waals surface area contributed by atoms with Gasteiger partial charge in [0.1, 0.15) is 0 Å². The number of nitrogens with zero attached hydrogens (tertiary/aromatic N) is 6. The van der Waals surface area contributed by atoms with Crippen LogP contribution < -0.4 is 4.90 Å². The molecule has 1 aliphatic heterocycles. The molecule has 0 aliphatic carbocycles. The van der Waals surface area contributed by atoms with Crippen LogP contribution in [0.5, 0.6) is 0 Å². The van der Waals surface area contributed by atoms with Crippen molar-refractivity contribution in [1.29, 1.82) is 0 Å². The van der Waals surface area contributed by atoms with Crippen molar-refractivity contribution in [3.05, 3.63) is 84.7 Å². The van der Waals surface area contributed by atoms with Gasteiger partial charge in [-0.3, -0.25) is 9.97 Å². The molecule has 0 atom stereocenters. The van der Waals surface area contributed by atoms with Gasteiger partial charge in [-0.05, 0) is 42.3 Å². The fraction of sp³-hybridized carbons (Fsp3) is 0.167. The van der Waals surface area contributed by atoms with E-state index in [-0.39, 0.29) is 0 Å². The number of pyridine rings is 2. The molecule has 0 unspecified atom stereocenters. The van der Waals surface area contributed by atoms with Crippen molar-refractivity contribution < 1.29 is 0 Å². The van der Waals surface area contributed by atoms with Gasteiger partial charge in [-0.2, -0.15) is 5.10 Å². The molecule has 0 spiro atoms. The summed E-state index contributed by atoms with van der Waals surface area (Å²) in [6.07, 6.45) is 9.66. The maximum atomic E-state index is 4.78. The summed E-state index contributed by atoms with van der Waals surface area (Å²) in [6.45, 7) is 4.00. The molecule has 146 valence electrons. The number of para-hydroxylation sites is 1. The first-order valence-electron chi connectivity index (χ1n) is 10.1. The molecule has 1 saturated heterocycles. The van der Waals surface area contributed by atoms with Gasteiger partial charge >= 0.3 is 0 Å². The van der Waals surface area contributed by atoms with Crippen LogP contribution >= 0.6 is 0 Å². The largest absolute Gasteiger partial charge is 0.368 e. The predicted molar refractivity (Wildman–Crippen MR) is 118 cm³/mol. The zero-order chi connectivity index (χ0) is 20.1. The van der Waals surface area contributed by atoms with Crippen LogP contribution in [0.15, 0.2) is 73.4 Å². The van der Waals surface area contributed by atoms with E-state index in [1.165, 1.54) is 5.56 Å². The standard InChI is InChI=1S/C24H20N6/c1-16-10-21(20-4-2-3-5-23(20)28-16)22-12-27-30-15-19(11-26-24(22)30)29-13-18(14-29)17-6-8-25-9-7-17/h2-12,15,18H,13-14H2,1H3. The van der Waals surface area contributed by atoms with Crippen molar-refractivity contribution in [2.75, 3.05) is 18.0 Å². The van der Waals surface area contributed by atoms with E-state index in [1.54, 1.807) is 0 Å². The molecule has 1 fully saturated rings. The van der Waals surface area contributed by atoms with Crippen molar-refractivity contribution in [2.45, 2.75) is 12.8 Å². The smallest absolute Gasteiger partial charge is 0.162 e. The lowest BCUT2D eigenvalue weighted by Crippen LogP contribution is -2.45. The normalized spacial score (nSPS) is 14.4. The minimum Gasteiger partial charge on any atom is -0.368 e. The zero-order valence-electron chi connectivity index (χ0n) is 16.6. The highest BCUT2D eigenvalue weighted by molar-refractivity contribution is 5.98. The summed E-state index contributed by atoms with van der Waals surface area (Å²) in [5.41, 5.74) is 7.43. The summed E-state index contributed by atoms with van der Waals surface area (Å²) >= 11 is 0. The van der Waals surface area contributed by atoms with Gasteiger partial charge in [0, 0.05) is 48.0 Å². The summed E-state index contributed by atoms with van der Waals surface area (Å²) < 4.78 is 1.88. The van der Waals surface area contributed by atoms with Crippen LogP contribution in [-0.4, -0.2) is 37.7 Å². The molecular formula is C24H20N6. The highest BCUT2D eigenvalue weighted by Gasteiger charge is 2.28. The van der Waals surface area contributed by atoms with E-state index in [1.807, 2.05) is 54.4 Å². The third-order valence-electron chi connectivity index (χ3n) is 5.90. The number of rotatable bonds is 3. The van der Waals surface area contributed by atoms with Crippen molar-refractivity contribution in [2.24, 2.45) is 0 Å². The lowest BCUT2D eigenvalue weighted by Gasteiger charge is -2.41. The van der Waals surface area contributed by atoms with Gasteiger partial charge in [0.25, 0.3) is 0 Å². The molecule has 1 aliphatic rings. The molecule has 1 aromatic carbocycles. The van der Waals surface area contributed by atoms with Crippen LogP contribution in [0.4, 0.5) is 5.69 Å². The predicted octanol–water partition coefficient (Wildman–Crippen LogP) is 4.25. The van der Waals surface area contributed by atoms with Gasteiger partial charge in [-0.25, -0.2) is 9.50 Å². The van der Waals surface area contributed by atoms with E-state index in [0.717, 1.165) is 52.1 Å². The maximum Gasteiger partial charge on any atom is 0.162 e. The number of aromatic nitrogens is 5. The van der Waals surface area contributed by atoms with E-state index >= 15 is 0 Å². The lowest BCUT2D eigenvalue weighted by molar-refractivity contribution is 0.523. The van der Waals surface area contributed by atoms with Crippen molar-refractivity contribution in [1.82, 2.24) is 24.6 Å². The quantitative estimate of drug-likeness (QED) is 0.459. The molecule has 0 N–H and O–H groups in total. The van der Waals surface area contributed by atoms with E-state index in [0.29, 0.717) is 5.92 Å². The molecule has 0 amide bonds. The van der Waals surface area contributed by atoms with Gasteiger partial charge in [0.15, 0.2) is 5.65 Å². The van der Waals surface area contributed by atoms with Crippen molar-refractivity contribution in [3.8, 4) is 11.1 Å². The van der Waals surface area contributed by atoms with Crippen LogP contribution in [0.2, 0.25) is 0 Å². The zero-order valence-corrected chi connectivity index (χ0v) is 16.6. The number of aryl methyl sites for hydroxylation is 1. The second kappa shape index (κ2) is 6.62. The average Bonchev–Trinajstić information content (AvgIpc) is 3.16. The van der Waals surface area contributed by atoms with Gasteiger partial charge < -0.3 is 4.90 Å². The molecule has 5 aromatic rings. The van der Waals surface area contributed by atoms with Crippen LogP contribution in [0.25, 0.3) is 27.7 Å². The number of anilines is 1. The molecule has 0 radical (unpaired) electrons. The van der Waals surface area contributed by atoms with E-state index in [2.05, 4.69) is 50.4 Å². The van der Waals surface area contributed by atoms with Crippen LogP contribution in [-0.2, 0) is 0 Å². The molecule has 6 rings (SSSR count). The van der Waals surface area contributed by atoms with Gasteiger partial charge in [-0.15, -0.1) is 0 Å². The topological polar surface area (TPSA) is 59.2 Å². The number of hydrogen-bond donors (Lipinski definition) is 0. The van der Waals surface area contributed by atoms with E-state index in [9.17, 15) is 0 Å². The molecule has 0 saturated carbocycles. The Hall–Kier alpha value is -3.80. The first kappa shape index (κ1) is 17.1. The summed E-state index contributed by atoms with van der Waals surface area (Å²) in [5.74, 6) is 0.544. The Bertz CT molecular complexity index is 1370.